The Hall–Kier alpha value is -2.24. The van der Waals surface area contributed by atoms with E-state index in [2.05, 4.69) is 5.32 Å². The predicted molar refractivity (Wildman–Crippen MR) is 91.0 cm³/mol. The van der Waals surface area contributed by atoms with Crippen molar-refractivity contribution in [2.75, 3.05) is 37.4 Å². The number of aliphatic carboxylic acids is 1. The zero-order chi connectivity index (χ0) is 17.1. The van der Waals surface area contributed by atoms with Crippen LogP contribution >= 0.6 is 0 Å². The summed E-state index contributed by atoms with van der Waals surface area (Å²) in [4.78, 5) is 27.4. The predicted octanol–water partition coefficient (Wildman–Crippen LogP) is 2.64. The fourth-order valence-corrected chi connectivity index (χ4v) is 3.13. The normalized spacial score (nSPS) is 21.0. The Bertz CT molecular complexity index is 601. The number of anilines is 2. The fraction of sp³-hybridized carbons (Fsp3) is 0.529. The van der Waals surface area contributed by atoms with E-state index < -0.39 is 11.9 Å². The minimum atomic E-state index is -0.833. The van der Waals surface area contributed by atoms with Gasteiger partial charge in [0.1, 0.15) is 0 Å². The maximum Gasteiger partial charge on any atom is 0.321 e. The summed E-state index contributed by atoms with van der Waals surface area (Å²) in [6.07, 6.45) is 0.619. The van der Waals surface area contributed by atoms with Crippen LogP contribution in [0.15, 0.2) is 18.2 Å². The summed E-state index contributed by atoms with van der Waals surface area (Å²) in [5.74, 6) is -1.14. The summed E-state index contributed by atoms with van der Waals surface area (Å²) < 4.78 is 0. The smallest absolute Gasteiger partial charge is 0.321 e. The van der Waals surface area contributed by atoms with Crippen molar-refractivity contribution in [1.82, 2.24) is 4.90 Å². The first-order valence-electron chi connectivity index (χ1n) is 7.85. The molecule has 0 radical (unpaired) electrons. The van der Waals surface area contributed by atoms with E-state index in [1.807, 2.05) is 51.0 Å². The third kappa shape index (κ3) is 3.94. The molecule has 0 aromatic heterocycles. The van der Waals surface area contributed by atoms with Crippen molar-refractivity contribution in [3.63, 3.8) is 0 Å². The van der Waals surface area contributed by atoms with Gasteiger partial charge in [-0.2, -0.15) is 0 Å². The second kappa shape index (κ2) is 6.89. The minimum absolute atomic E-state index is 0.185. The highest BCUT2D eigenvalue weighted by Crippen LogP contribution is 2.27. The Labute approximate surface area is 137 Å². The number of carbonyl (C=O) groups excluding carboxylic acids is 1. The molecule has 1 heterocycles. The highest BCUT2D eigenvalue weighted by Gasteiger charge is 2.32. The Kier molecular flexibility index (Phi) is 5.13. The zero-order valence-corrected chi connectivity index (χ0v) is 14.2. The van der Waals surface area contributed by atoms with E-state index in [9.17, 15) is 14.7 Å². The molecule has 2 amide bonds. The van der Waals surface area contributed by atoms with E-state index in [0.29, 0.717) is 13.0 Å². The van der Waals surface area contributed by atoms with Crippen molar-refractivity contribution >= 4 is 23.4 Å². The number of nitrogens with zero attached hydrogens (tertiary/aromatic N) is 2. The summed E-state index contributed by atoms with van der Waals surface area (Å²) in [7, 11) is 3.91. The van der Waals surface area contributed by atoms with Crippen molar-refractivity contribution in [3.05, 3.63) is 23.8 Å². The summed E-state index contributed by atoms with van der Waals surface area (Å²) in [6.45, 7) is 4.79. The third-order valence-corrected chi connectivity index (χ3v) is 4.32. The second-order valence-corrected chi connectivity index (χ2v) is 6.56. The molecule has 1 saturated heterocycles. The van der Waals surface area contributed by atoms with E-state index in [0.717, 1.165) is 16.9 Å². The van der Waals surface area contributed by atoms with Crippen LogP contribution in [-0.4, -0.2) is 49.2 Å². The van der Waals surface area contributed by atoms with Gasteiger partial charge in [-0.25, -0.2) is 4.79 Å². The van der Waals surface area contributed by atoms with Crippen molar-refractivity contribution in [2.24, 2.45) is 11.8 Å². The van der Waals surface area contributed by atoms with Gasteiger partial charge in [-0.15, -0.1) is 0 Å². The minimum Gasteiger partial charge on any atom is -0.481 e. The fourth-order valence-electron chi connectivity index (χ4n) is 3.13. The molecular weight excluding hydrogens is 294 g/mol. The lowest BCUT2D eigenvalue weighted by Crippen LogP contribution is -2.47. The summed E-state index contributed by atoms with van der Waals surface area (Å²) in [6, 6.07) is 5.52. The Balaban J connectivity index is 2.13. The number of carbonyl (C=O) groups is 2. The number of rotatable bonds is 3. The average molecular weight is 319 g/mol. The average Bonchev–Trinajstić information content (AvgIpc) is 2.48. The monoisotopic (exact) mass is 319 g/mol. The van der Waals surface area contributed by atoms with E-state index in [4.69, 9.17) is 0 Å². The van der Waals surface area contributed by atoms with Crippen molar-refractivity contribution in [3.8, 4) is 0 Å². The molecule has 2 atom stereocenters. The highest BCUT2D eigenvalue weighted by molar-refractivity contribution is 5.91. The SMILES string of the molecule is Cc1c(NC(=O)N2CC(C)CC(C(=O)O)C2)cccc1N(C)C. The highest BCUT2D eigenvalue weighted by atomic mass is 16.4. The topological polar surface area (TPSA) is 72.9 Å². The second-order valence-electron chi connectivity index (χ2n) is 6.56. The number of urea groups is 1. The molecular formula is C17H25N3O3. The molecule has 126 valence electrons. The van der Waals surface area contributed by atoms with Crippen molar-refractivity contribution < 1.29 is 14.7 Å². The number of nitrogens with one attached hydrogen (secondary N) is 1. The lowest BCUT2D eigenvalue weighted by Gasteiger charge is -2.34. The van der Waals surface area contributed by atoms with E-state index in [1.54, 1.807) is 4.90 Å². The van der Waals surface area contributed by atoms with Gasteiger partial charge in [0.15, 0.2) is 0 Å². The van der Waals surface area contributed by atoms with Gasteiger partial charge in [0, 0.05) is 38.6 Å². The maximum absolute atomic E-state index is 12.5. The molecule has 23 heavy (non-hydrogen) atoms. The molecule has 2 N–H and O–H groups in total. The van der Waals surface area contributed by atoms with Gasteiger partial charge in [0.25, 0.3) is 0 Å². The Morgan fingerprint density at radius 3 is 2.61 bits per heavy atom. The van der Waals surface area contributed by atoms with Gasteiger partial charge in [0.2, 0.25) is 0 Å². The molecule has 1 aromatic carbocycles. The van der Waals surface area contributed by atoms with Crippen LogP contribution in [0.4, 0.5) is 16.2 Å². The van der Waals surface area contributed by atoms with Crippen LogP contribution in [0.5, 0.6) is 0 Å². The van der Waals surface area contributed by atoms with Crippen molar-refractivity contribution in [1.29, 1.82) is 0 Å². The van der Waals surface area contributed by atoms with Gasteiger partial charge in [0.05, 0.1) is 5.92 Å². The molecule has 1 aliphatic rings. The summed E-state index contributed by atoms with van der Waals surface area (Å²) >= 11 is 0. The zero-order valence-electron chi connectivity index (χ0n) is 14.2. The first kappa shape index (κ1) is 17.1. The van der Waals surface area contributed by atoms with Gasteiger partial charge in [-0.3, -0.25) is 4.79 Å². The number of carboxylic acid groups (broad SMARTS) is 1. The number of carboxylic acids is 1. The number of likely N-dealkylation sites (tertiary alicyclic amines) is 1. The molecule has 2 rings (SSSR count). The number of hydrogen-bond acceptors (Lipinski definition) is 3. The Morgan fingerprint density at radius 2 is 2.00 bits per heavy atom. The molecule has 1 aromatic rings. The number of amides is 2. The van der Waals surface area contributed by atoms with Crippen LogP contribution in [0.2, 0.25) is 0 Å². The Morgan fingerprint density at radius 1 is 1.30 bits per heavy atom. The van der Waals surface area contributed by atoms with E-state index in [1.165, 1.54) is 0 Å². The number of piperidine rings is 1. The van der Waals surface area contributed by atoms with E-state index >= 15 is 0 Å². The van der Waals surface area contributed by atoms with Crippen LogP contribution < -0.4 is 10.2 Å². The van der Waals surface area contributed by atoms with Crippen LogP contribution in [0, 0.1) is 18.8 Å². The van der Waals surface area contributed by atoms with Crippen LogP contribution in [-0.2, 0) is 4.79 Å². The van der Waals surface area contributed by atoms with Crippen LogP contribution in [0.25, 0.3) is 0 Å². The summed E-state index contributed by atoms with van der Waals surface area (Å²) in [5.41, 5.74) is 2.79. The standard InChI is InChI=1S/C17H25N3O3/c1-11-8-13(16(21)22)10-20(9-11)17(23)18-14-6-5-7-15(12(14)2)19(3)4/h5-7,11,13H,8-10H2,1-4H3,(H,18,23)(H,21,22). The molecule has 0 bridgehead atoms. The maximum atomic E-state index is 12.5. The molecule has 2 unspecified atom stereocenters. The molecule has 1 aliphatic heterocycles. The molecule has 0 saturated carbocycles. The summed E-state index contributed by atoms with van der Waals surface area (Å²) in [5, 5.41) is 12.1. The lowest BCUT2D eigenvalue weighted by molar-refractivity contribution is -0.143. The molecule has 0 spiro atoms. The van der Waals surface area contributed by atoms with Gasteiger partial charge in [-0.1, -0.05) is 13.0 Å². The van der Waals surface area contributed by atoms with Gasteiger partial charge < -0.3 is 20.2 Å². The quantitative estimate of drug-likeness (QED) is 0.898. The number of hydrogen-bond donors (Lipinski definition) is 2. The third-order valence-electron chi connectivity index (χ3n) is 4.32. The molecule has 6 nitrogen and oxygen atoms in total. The van der Waals surface area contributed by atoms with Gasteiger partial charge >= 0.3 is 12.0 Å². The largest absolute Gasteiger partial charge is 0.481 e. The first-order chi connectivity index (χ1) is 10.8. The number of benzene rings is 1. The molecule has 0 aliphatic carbocycles. The molecule has 1 fully saturated rings. The van der Waals surface area contributed by atoms with Crippen LogP contribution in [0.1, 0.15) is 18.9 Å². The van der Waals surface area contributed by atoms with Crippen molar-refractivity contribution in [2.45, 2.75) is 20.3 Å². The van der Waals surface area contributed by atoms with Gasteiger partial charge in [-0.05, 0) is 37.0 Å². The van der Waals surface area contributed by atoms with E-state index in [-0.39, 0.29) is 18.5 Å². The lowest BCUT2D eigenvalue weighted by atomic mass is 9.91. The molecule has 6 heteroatoms. The van der Waals surface area contributed by atoms with Crippen LogP contribution in [0.3, 0.4) is 0 Å². The first-order valence-corrected chi connectivity index (χ1v) is 7.85.